The molecule has 0 atom stereocenters. The molecule has 0 spiro atoms. The van der Waals surface area contributed by atoms with Crippen LogP contribution in [0.2, 0.25) is 5.02 Å². The van der Waals surface area contributed by atoms with Crippen molar-refractivity contribution in [3.05, 3.63) is 70.5 Å². The van der Waals surface area contributed by atoms with E-state index in [0.717, 1.165) is 0 Å². The van der Waals surface area contributed by atoms with E-state index in [0.29, 0.717) is 16.1 Å². The van der Waals surface area contributed by atoms with E-state index < -0.39 is 0 Å². The topological polar surface area (TPSA) is 58.2 Å². The Balaban J connectivity index is 1.79. The van der Waals surface area contributed by atoms with Crippen molar-refractivity contribution in [2.24, 2.45) is 0 Å². The summed E-state index contributed by atoms with van der Waals surface area (Å²) in [6.07, 6.45) is 0. The molecule has 0 unspecified atom stereocenters. The smallest absolute Gasteiger partial charge is 0.251 e. The van der Waals surface area contributed by atoms with E-state index in [2.05, 4.69) is 10.6 Å². The van der Waals surface area contributed by atoms with E-state index in [9.17, 15) is 14.0 Å². The molecule has 0 aliphatic rings. The van der Waals surface area contributed by atoms with Gasteiger partial charge in [0.25, 0.3) is 5.91 Å². The molecule has 4 nitrogen and oxygen atoms in total. The molecule has 0 saturated heterocycles. The maximum Gasteiger partial charge on any atom is 0.251 e. The van der Waals surface area contributed by atoms with Gasteiger partial charge in [0.1, 0.15) is 5.82 Å². The molecule has 0 aromatic heterocycles. The van der Waals surface area contributed by atoms with E-state index in [1.165, 1.54) is 18.2 Å². The summed E-state index contributed by atoms with van der Waals surface area (Å²) in [6, 6.07) is 12.4. The zero-order valence-corrected chi connectivity index (χ0v) is 12.4. The summed E-state index contributed by atoms with van der Waals surface area (Å²) < 4.78 is 13.0. The molecule has 2 rings (SSSR count). The Morgan fingerprint density at radius 3 is 2.55 bits per heavy atom. The maximum absolute atomic E-state index is 13.0. The van der Waals surface area contributed by atoms with E-state index in [1.54, 1.807) is 30.3 Å². The Morgan fingerprint density at radius 1 is 1.05 bits per heavy atom. The van der Waals surface area contributed by atoms with Crippen molar-refractivity contribution in [2.75, 3.05) is 6.54 Å². The summed E-state index contributed by atoms with van der Waals surface area (Å²) in [7, 11) is 0. The van der Waals surface area contributed by atoms with E-state index >= 15 is 0 Å². The normalized spacial score (nSPS) is 10.1. The van der Waals surface area contributed by atoms with Gasteiger partial charge in [0.15, 0.2) is 0 Å². The summed E-state index contributed by atoms with van der Waals surface area (Å²) in [6.45, 7) is 0.0320. The van der Waals surface area contributed by atoms with Crippen LogP contribution < -0.4 is 10.6 Å². The van der Waals surface area contributed by atoms with Crippen LogP contribution in [0.4, 0.5) is 4.39 Å². The van der Waals surface area contributed by atoms with Crippen LogP contribution in [0.25, 0.3) is 0 Å². The van der Waals surface area contributed by atoms with Gasteiger partial charge in [0.05, 0.1) is 6.54 Å². The third kappa shape index (κ3) is 4.86. The zero-order valence-electron chi connectivity index (χ0n) is 11.6. The number of carbonyl (C=O) groups excluding carboxylic acids is 2. The first-order chi connectivity index (χ1) is 10.5. The van der Waals surface area contributed by atoms with Gasteiger partial charge < -0.3 is 10.6 Å². The minimum absolute atomic E-state index is 0.166. The molecule has 0 bridgehead atoms. The number of hydrogen-bond donors (Lipinski definition) is 2. The molecule has 0 fully saturated rings. The molecule has 2 N–H and O–H groups in total. The van der Waals surface area contributed by atoms with Gasteiger partial charge in [-0.2, -0.15) is 0 Å². The largest absolute Gasteiger partial charge is 0.350 e. The molecule has 6 heteroatoms. The maximum atomic E-state index is 13.0. The highest BCUT2D eigenvalue weighted by Gasteiger charge is 2.08. The molecule has 2 amide bonds. The van der Waals surface area contributed by atoms with Crippen LogP contribution in [-0.4, -0.2) is 18.4 Å². The Kier molecular flexibility index (Phi) is 5.49. The number of carbonyl (C=O) groups is 2. The third-order valence-corrected chi connectivity index (χ3v) is 3.11. The molecule has 0 radical (unpaired) electrons. The number of halogens is 2. The predicted molar refractivity (Wildman–Crippen MR) is 82.0 cm³/mol. The van der Waals surface area contributed by atoms with Gasteiger partial charge in [0, 0.05) is 17.1 Å². The van der Waals surface area contributed by atoms with Crippen molar-refractivity contribution in [2.45, 2.75) is 6.54 Å². The lowest BCUT2D eigenvalue weighted by Crippen LogP contribution is -2.36. The molecule has 114 valence electrons. The average molecular weight is 321 g/mol. The van der Waals surface area contributed by atoms with Crippen LogP contribution >= 0.6 is 11.6 Å². The second kappa shape index (κ2) is 7.56. The molecule has 0 aliphatic heterocycles. The highest BCUT2D eigenvalue weighted by atomic mass is 35.5. The van der Waals surface area contributed by atoms with E-state index in [1.807, 2.05) is 0 Å². The van der Waals surface area contributed by atoms with Crippen molar-refractivity contribution < 1.29 is 14.0 Å². The van der Waals surface area contributed by atoms with Gasteiger partial charge >= 0.3 is 0 Å². The highest BCUT2D eigenvalue weighted by molar-refractivity contribution is 6.30. The van der Waals surface area contributed by atoms with E-state index in [-0.39, 0.29) is 30.7 Å². The lowest BCUT2D eigenvalue weighted by molar-refractivity contribution is -0.120. The summed E-state index contributed by atoms with van der Waals surface area (Å²) >= 11 is 5.79. The Bertz CT molecular complexity index is 691. The SMILES string of the molecule is O=C(CNC(=O)c1cccc(Cl)c1)NCc1cccc(F)c1. The van der Waals surface area contributed by atoms with Gasteiger partial charge in [-0.05, 0) is 35.9 Å². The molecule has 0 aliphatic carbocycles. The standard InChI is InChI=1S/C16H14ClFN2O2/c17-13-5-2-4-12(8-13)16(22)20-10-15(21)19-9-11-3-1-6-14(18)7-11/h1-8H,9-10H2,(H,19,21)(H,20,22). The van der Waals surface area contributed by atoms with Crippen molar-refractivity contribution in [3.8, 4) is 0 Å². The number of nitrogens with one attached hydrogen (secondary N) is 2. The summed E-state index contributed by atoms with van der Waals surface area (Å²) in [5, 5.41) is 5.54. The van der Waals surface area contributed by atoms with Crippen LogP contribution in [0.3, 0.4) is 0 Å². The third-order valence-electron chi connectivity index (χ3n) is 2.88. The highest BCUT2D eigenvalue weighted by Crippen LogP contribution is 2.10. The van der Waals surface area contributed by atoms with Crippen LogP contribution in [0.5, 0.6) is 0 Å². The second-order valence-corrected chi connectivity index (χ2v) is 5.04. The fourth-order valence-corrected chi connectivity index (χ4v) is 1.99. The first kappa shape index (κ1) is 16.0. The predicted octanol–water partition coefficient (Wildman–Crippen LogP) is 2.53. The molecule has 2 aromatic rings. The summed E-state index contributed by atoms with van der Waals surface area (Å²) in [5.41, 5.74) is 1.03. The number of amides is 2. The number of benzene rings is 2. The quantitative estimate of drug-likeness (QED) is 0.889. The monoisotopic (exact) mass is 320 g/mol. The van der Waals surface area contributed by atoms with Gasteiger partial charge in [-0.25, -0.2) is 4.39 Å². The van der Waals surface area contributed by atoms with Crippen molar-refractivity contribution >= 4 is 23.4 Å². The van der Waals surface area contributed by atoms with Crippen LogP contribution in [0, 0.1) is 5.82 Å². The zero-order chi connectivity index (χ0) is 15.9. The number of hydrogen-bond acceptors (Lipinski definition) is 2. The van der Waals surface area contributed by atoms with Gasteiger partial charge in [-0.1, -0.05) is 29.8 Å². The summed E-state index contributed by atoms with van der Waals surface area (Å²) in [5.74, 6) is -1.11. The molecule has 2 aromatic carbocycles. The van der Waals surface area contributed by atoms with Crippen LogP contribution in [0.15, 0.2) is 48.5 Å². The van der Waals surface area contributed by atoms with Gasteiger partial charge in [-0.15, -0.1) is 0 Å². The first-order valence-corrected chi connectivity index (χ1v) is 6.97. The Morgan fingerprint density at radius 2 is 1.82 bits per heavy atom. The Hall–Kier alpha value is -2.40. The second-order valence-electron chi connectivity index (χ2n) is 4.60. The van der Waals surface area contributed by atoms with E-state index in [4.69, 9.17) is 11.6 Å². The average Bonchev–Trinajstić information content (AvgIpc) is 2.50. The van der Waals surface area contributed by atoms with Crippen molar-refractivity contribution in [3.63, 3.8) is 0 Å². The van der Waals surface area contributed by atoms with Crippen LogP contribution in [0.1, 0.15) is 15.9 Å². The lowest BCUT2D eigenvalue weighted by atomic mass is 10.2. The minimum atomic E-state index is -0.386. The molecular weight excluding hydrogens is 307 g/mol. The Labute approximate surface area is 132 Å². The van der Waals surface area contributed by atoms with Gasteiger partial charge in [-0.3, -0.25) is 9.59 Å². The first-order valence-electron chi connectivity index (χ1n) is 6.59. The molecule has 0 saturated carbocycles. The van der Waals surface area contributed by atoms with Crippen LogP contribution in [-0.2, 0) is 11.3 Å². The van der Waals surface area contributed by atoms with Gasteiger partial charge in [0.2, 0.25) is 5.91 Å². The fraction of sp³-hybridized carbons (Fsp3) is 0.125. The lowest BCUT2D eigenvalue weighted by Gasteiger charge is -2.07. The van der Waals surface area contributed by atoms with Crippen molar-refractivity contribution in [1.29, 1.82) is 0 Å². The van der Waals surface area contributed by atoms with Crippen molar-refractivity contribution in [1.82, 2.24) is 10.6 Å². The fourth-order valence-electron chi connectivity index (χ4n) is 1.80. The summed E-state index contributed by atoms with van der Waals surface area (Å²) in [4.78, 5) is 23.5. The molecular formula is C16H14ClFN2O2. The number of rotatable bonds is 5. The molecule has 22 heavy (non-hydrogen) atoms. The molecule has 0 heterocycles. The minimum Gasteiger partial charge on any atom is -0.350 e.